The lowest BCUT2D eigenvalue weighted by Gasteiger charge is -2.23. The smallest absolute Gasteiger partial charge is 0.158 e. The van der Waals surface area contributed by atoms with Gasteiger partial charge in [0.25, 0.3) is 0 Å². The molecule has 20 heavy (non-hydrogen) atoms. The Bertz CT molecular complexity index is 610. The summed E-state index contributed by atoms with van der Waals surface area (Å²) in [7, 11) is 0. The molecule has 6 heteroatoms. The molecule has 2 aromatic heterocycles. The first kappa shape index (κ1) is 13.9. The fourth-order valence-electron chi connectivity index (χ4n) is 1.97. The molecule has 0 saturated carbocycles. The molecule has 2 rings (SSSR count). The normalized spacial score (nSPS) is 10.3. The van der Waals surface area contributed by atoms with Gasteiger partial charge in [-0.05, 0) is 26.0 Å². The van der Waals surface area contributed by atoms with Gasteiger partial charge in [-0.2, -0.15) is 0 Å². The minimum Gasteiger partial charge on any atom is -0.382 e. The highest BCUT2D eigenvalue weighted by Crippen LogP contribution is 2.16. The van der Waals surface area contributed by atoms with E-state index in [9.17, 15) is 0 Å². The minimum atomic E-state index is -0.0799. The maximum atomic E-state index is 7.59. The van der Waals surface area contributed by atoms with Crippen LogP contribution in [0.1, 0.15) is 24.0 Å². The maximum absolute atomic E-state index is 7.59. The zero-order valence-corrected chi connectivity index (χ0v) is 11.7. The Kier molecular flexibility index (Phi) is 4.24. The number of nitrogens with one attached hydrogen (secondary N) is 1. The van der Waals surface area contributed by atoms with Gasteiger partial charge < -0.3 is 10.6 Å². The van der Waals surface area contributed by atoms with Crippen LogP contribution in [-0.2, 0) is 6.54 Å². The molecule has 0 spiro atoms. The molecule has 0 aliphatic rings. The summed E-state index contributed by atoms with van der Waals surface area (Å²) in [6.45, 7) is 5.32. The van der Waals surface area contributed by atoms with E-state index in [0.29, 0.717) is 18.1 Å². The van der Waals surface area contributed by atoms with Crippen LogP contribution in [0, 0.1) is 12.3 Å². The number of nitrogens with two attached hydrogens (primary N) is 1. The van der Waals surface area contributed by atoms with Crippen molar-refractivity contribution in [1.82, 2.24) is 15.0 Å². The van der Waals surface area contributed by atoms with Crippen molar-refractivity contribution in [3.05, 3.63) is 47.7 Å². The van der Waals surface area contributed by atoms with Gasteiger partial charge in [0.15, 0.2) is 5.82 Å². The van der Waals surface area contributed by atoms with Crippen LogP contribution in [0.4, 0.5) is 5.82 Å². The van der Waals surface area contributed by atoms with E-state index < -0.39 is 0 Å². The van der Waals surface area contributed by atoms with Crippen molar-refractivity contribution in [2.24, 2.45) is 5.73 Å². The highest BCUT2D eigenvalue weighted by Gasteiger charge is 2.15. The molecule has 0 unspecified atom stereocenters. The topological polar surface area (TPSA) is 91.8 Å². The first-order chi connectivity index (χ1) is 9.61. The summed E-state index contributed by atoms with van der Waals surface area (Å²) >= 11 is 0. The summed E-state index contributed by atoms with van der Waals surface area (Å²) in [6, 6.07) is 5.91. The number of nitrogen functional groups attached to an aromatic ring is 1. The largest absolute Gasteiger partial charge is 0.382 e. The van der Waals surface area contributed by atoms with Gasteiger partial charge in [0.1, 0.15) is 11.5 Å². The van der Waals surface area contributed by atoms with Gasteiger partial charge in [0.2, 0.25) is 0 Å². The summed E-state index contributed by atoms with van der Waals surface area (Å²) in [6.07, 6.45) is 3.15. The lowest BCUT2D eigenvalue weighted by Crippen LogP contribution is -2.28. The Morgan fingerprint density at radius 1 is 1.30 bits per heavy atom. The molecule has 6 nitrogen and oxygen atoms in total. The van der Waals surface area contributed by atoms with Crippen LogP contribution in [-0.4, -0.2) is 27.3 Å². The predicted octanol–water partition coefficient (Wildman–Crippen LogP) is 1.49. The van der Waals surface area contributed by atoms with E-state index in [1.807, 2.05) is 36.9 Å². The molecule has 0 fully saturated rings. The fourth-order valence-corrected chi connectivity index (χ4v) is 1.97. The van der Waals surface area contributed by atoms with Crippen LogP contribution in [0.15, 0.2) is 30.6 Å². The van der Waals surface area contributed by atoms with Crippen molar-refractivity contribution < 1.29 is 0 Å². The van der Waals surface area contributed by atoms with Crippen LogP contribution in [0.3, 0.4) is 0 Å². The quantitative estimate of drug-likeness (QED) is 0.634. The molecule has 0 aliphatic carbocycles. The molecule has 0 radical (unpaired) electrons. The third kappa shape index (κ3) is 3.09. The summed E-state index contributed by atoms with van der Waals surface area (Å²) in [4.78, 5) is 14.9. The molecule has 0 amide bonds. The fraction of sp³-hybridized carbons (Fsp3) is 0.286. The van der Waals surface area contributed by atoms with Gasteiger partial charge in [0, 0.05) is 24.6 Å². The Balaban J connectivity index is 2.31. The molecule has 0 atom stereocenters. The van der Waals surface area contributed by atoms with Crippen LogP contribution in [0.2, 0.25) is 0 Å². The van der Waals surface area contributed by atoms with E-state index in [4.69, 9.17) is 11.1 Å². The van der Waals surface area contributed by atoms with Gasteiger partial charge in [0.05, 0.1) is 12.2 Å². The molecule has 0 aromatic carbocycles. The van der Waals surface area contributed by atoms with Crippen molar-refractivity contribution in [1.29, 1.82) is 5.41 Å². The Morgan fingerprint density at radius 2 is 2.05 bits per heavy atom. The van der Waals surface area contributed by atoms with Gasteiger partial charge in [-0.1, -0.05) is 6.07 Å². The van der Waals surface area contributed by atoms with Crippen molar-refractivity contribution in [2.45, 2.75) is 20.4 Å². The van der Waals surface area contributed by atoms with Crippen molar-refractivity contribution in [3.63, 3.8) is 0 Å². The van der Waals surface area contributed by atoms with Crippen molar-refractivity contribution in [2.75, 3.05) is 11.4 Å². The van der Waals surface area contributed by atoms with Crippen molar-refractivity contribution in [3.8, 4) is 0 Å². The maximum Gasteiger partial charge on any atom is 0.158 e. The number of hydrogen-bond acceptors (Lipinski definition) is 5. The van der Waals surface area contributed by atoms with Crippen molar-refractivity contribution >= 4 is 11.7 Å². The zero-order chi connectivity index (χ0) is 14.5. The standard InChI is InChI=1S/C14H18N6/c1-3-20(9-11-6-4-5-10(2)19-11)14-12(13(15)16)17-7-8-18-14/h4-8H,3,9H2,1-2H3,(H3,15,16). The van der Waals surface area contributed by atoms with E-state index in [-0.39, 0.29) is 5.84 Å². The monoisotopic (exact) mass is 270 g/mol. The first-order valence-electron chi connectivity index (χ1n) is 6.44. The van der Waals surface area contributed by atoms with E-state index >= 15 is 0 Å². The lowest BCUT2D eigenvalue weighted by molar-refractivity contribution is 0.785. The number of pyridine rings is 1. The van der Waals surface area contributed by atoms with E-state index in [1.54, 1.807) is 12.4 Å². The molecule has 2 aromatic rings. The Labute approximate surface area is 118 Å². The third-order valence-electron chi connectivity index (χ3n) is 2.91. The second kappa shape index (κ2) is 6.10. The van der Waals surface area contributed by atoms with E-state index in [2.05, 4.69) is 15.0 Å². The van der Waals surface area contributed by atoms with E-state index in [0.717, 1.165) is 17.9 Å². The van der Waals surface area contributed by atoms with E-state index in [1.165, 1.54) is 0 Å². The summed E-state index contributed by atoms with van der Waals surface area (Å²) in [5.41, 5.74) is 7.90. The zero-order valence-electron chi connectivity index (χ0n) is 11.7. The summed E-state index contributed by atoms with van der Waals surface area (Å²) < 4.78 is 0. The van der Waals surface area contributed by atoms with Gasteiger partial charge in [-0.15, -0.1) is 0 Å². The molecule has 0 bridgehead atoms. The Morgan fingerprint density at radius 3 is 2.70 bits per heavy atom. The molecular formula is C14H18N6. The lowest BCUT2D eigenvalue weighted by atomic mass is 10.2. The molecule has 3 N–H and O–H groups in total. The second-order valence-electron chi connectivity index (χ2n) is 4.43. The first-order valence-corrected chi connectivity index (χ1v) is 6.44. The third-order valence-corrected chi connectivity index (χ3v) is 2.91. The molecular weight excluding hydrogens is 252 g/mol. The van der Waals surface area contributed by atoms with Crippen LogP contribution < -0.4 is 10.6 Å². The second-order valence-corrected chi connectivity index (χ2v) is 4.43. The number of hydrogen-bond donors (Lipinski definition) is 2. The summed E-state index contributed by atoms with van der Waals surface area (Å²) in [5, 5.41) is 7.59. The number of nitrogens with zero attached hydrogens (tertiary/aromatic N) is 4. The number of amidine groups is 1. The van der Waals surface area contributed by atoms with Crippen LogP contribution in [0.5, 0.6) is 0 Å². The number of aromatic nitrogens is 3. The molecule has 104 valence electrons. The minimum absolute atomic E-state index is 0.0799. The van der Waals surface area contributed by atoms with Crippen LogP contribution in [0.25, 0.3) is 0 Å². The van der Waals surface area contributed by atoms with Gasteiger partial charge in [-0.3, -0.25) is 10.4 Å². The average Bonchev–Trinajstić information content (AvgIpc) is 2.45. The Hall–Kier alpha value is -2.50. The predicted molar refractivity (Wildman–Crippen MR) is 78.7 cm³/mol. The molecule has 0 saturated heterocycles. The highest BCUT2D eigenvalue weighted by molar-refractivity contribution is 5.97. The van der Waals surface area contributed by atoms with Gasteiger partial charge in [-0.25, -0.2) is 9.97 Å². The number of aryl methyl sites for hydroxylation is 1. The highest BCUT2D eigenvalue weighted by atomic mass is 15.2. The SMILES string of the molecule is CCN(Cc1cccc(C)n1)c1nccnc1C(=N)N. The number of anilines is 1. The van der Waals surface area contributed by atoms with Crippen LogP contribution >= 0.6 is 0 Å². The average molecular weight is 270 g/mol. The molecule has 0 aliphatic heterocycles. The summed E-state index contributed by atoms with van der Waals surface area (Å²) in [5.74, 6) is 0.537. The molecule has 2 heterocycles. The van der Waals surface area contributed by atoms with Gasteiger partial charge >= 0.3 is 0 Å². The number of rotatable bonds is 5.